The van der Waals surface area contributed by atoms with Crippen molar-refractivity contribution in [2.75, 3.05) is 13.1 Å². The first-order valence-electron chi connectivity index (χ1n) is 9.60. The monoisotopic (exact) mass is 538 g/mol. The van der Waals surface area contributed by atoms with Gasteiger partial charge in [0.1, 0.15) is 11.6 Å². The molecule has 1 aromatic carbocycles. The third-order valence-electron chi connectivity index (χ3n) is 4.63. The second kappa shape index (κ2) is 11.2. The molecule has 3 aromatic heterocycles. The fraction of sp³-hybridized carbons (Fsp3) is 0.227. The molecule has 0 atom stereocenters. The number of nitrogens with zero attached hydrogens (tertiary/aromatic N) is 1. The van der Waals surface area contributed by atoms with E-state index in [1.807, 2.05) is 30.5 Å². The van der Waals surface area contributed by atoms with Crippen LogP contribution in [0.25, 0.3) is 10.9 Å². The molecule has 0 saturated heterocycles. The lowest BCUT2D eigenvalue weighted by Crippen LogP contribution is -2.39. The smallest absolute Gasteiger partial charge is 0.191 e. The van der Waals surface area contributed by atoms with Crippen LogP contribution in [0.4, 0.5) is 4.39 Å². The number of furan rings is 1. The summed E-state index contributed by atoms with van der Waals surface area (Å²) in [6.45, 7) is 2.09. The molecular formula is C22H24FIN4OS. The molecule has 0 saturated carbocycles. The minimum absolute atomic E-state index is 0. The Kier molecular flexibility index (Phi) is 8.32. The van der Waals surface area contributed by atoms with Gasteiger partial charge in [-0.25, -0.2) is 9.38 Å². The van der Waals surface area contributed by atoms with E-state index in [9.17, 15) is 4.39 Å². The highest BCUT2D eigenvalue weighted by atomic mass is 127. The van der Waals surface area contributed by atoms with Crippen molar-refractivity contribution in [3.63, 3.8) is 0 Å². The van der Waals surface area contributed by atoms with Crippen LogP contribution in [0.2, 0.25) is 0 Å². The van der Waals surface area contributed by atoms with E-state index in [2.05, 4.69) is 27.1 Å². The first kappa shape index (κ1) is 22.4. The lowest BCUT2D eigenvalue weighted by Gasteiger charge is -2.12. The van der Waals surface area contributed by atoms with Gasteiger partial charge in [0.25, 0.3) is 0 Å². The number of guanidine groups is 1. The lowest BCUT2D eigenvalue weighted by atomic mass is 10.1. The molecule has 0 bridgehead atoms. The molecular weight excluding hydrogens is 514 g/mol. The van der Waals surface area contributed by atoms with Gasteiger partial charge in [-0.3, -0.25) is 0 Å². The number of fused-ring (bicyclic) bond motifs is 1. The number of aliphatic imine (C=N–C) groups is 1. The number of hydrogen-bond acceptors (Lipinski definition) is 3. The average molecular weight is 538 g/mol. The number of thiophene rings is 1. The second-order valence-electron chi connectivity index (χ2n) is 6.68. The number of H-pyrrole nitrogens is 1. The summed E-state index contributed by atoms with van der Waals surface area (Å²) in [7, 11) is 0. The predicted molar refractivity (Wildman–Crippen MR) is 131 cm³/mol. The van der Waals surface area contributed by atoms with Gasteiger partial charge in [0, 0.05) is 41.5 Å². The summed E-state index contributed by atoms with van der Waals surface area (Å²) in [6.07, 6.45) is 5.23. The van der Waals surface area contributed by atoms with Crippen molar-refractivity contribution in [2.24, 2.45) is 4.99 Å². The zero-order valence-corrected chi connectivity index (χ0v) is 19.5. The molecule has 0 aliphatic carbocycles. The third kappa shape index (κ3) is 6.09. The Morgan fingerprint density at radius 1 is 1.10 bits per heavy atom. The van der Waals surface area contributed by atoms with Gasteiger partial charge in [-0.2, -0.15) is 0 Å². The Hall–Kier alpha value is -2.33. The zero-order valence-electron chi connectivity index (χ0n) is 16.4. The van der Waals surface area contributed by atoms with Gasteiger partial charge in [-0.1, -0.05) is 6.07 Å². The predicted octanol–water partition coefficient (Wildman–Crippen LogP) is 5.10. The van der Waals surface area contributed by atoms with Crippen LogP contribution in [0.3, 0.4) is 0 Å². The van der Waals surface area contributed by atoms with E-state index >= 15 is 0 Å². The summed E-state index contributed by atoms with van der Waals surface area (Å²) in [5.74, 6) is 1.49. The highest BCUT2D eigenvalue weighted by Crippen LogP contribution is 2.19. The van der Waals surface area contributed by atoms with E-state index in [1.54, 1.807) is 17.6 Å². The molecule has 4 aromatic rings. The van der Waals surface area contributed by atoms with Crippen molar-refractivity contribution >= 4 is 52.2 Å². The zero-order chi connectivity index (χ0) is 19.9. The minimum atomic E-state index is -0.229. The van der Waals surface area contributed by atoms with Gasteiger partial charge in [0.2, 0.25) is 0 Å². The van der Waals surface area contributed by atoms with Crippen LogP contribution in [0.1, 0.15) is 16.2 Å². The number of hydrogen-bond donors (Lipinski definition) is 3. The van der Waals surface area contributed by atoms with E-state index in [0.29, 0.717) is 6.54 Å². The van der Waals surface area contributed by atoms with Crippen molar-refractivity contribution in [1.82, 2.24) is 15.6 Å². The van der Waals surface area contributed by atoms with Crippen molar-refractivity contribution in [3.05, 3.63) is 82.3 Å². The molecule has 0 radical (unpaired) electrons. The van der Waals surface area contributed by atoms with Crippen LogP contribution < -0.4 is 10.6 Å². The number of halogens is 2. The number of aromatic nitrogens is 1. The van der Waals surface area contributed by atoms with Crippen LogP contribution in [-0.4, -0.2) is 24.0 Å². The number of nitrogens with one attached hydrogen (secondary N) is 3. The van der Waals surface area contributed by atoms with Gasteiger partial charge in [-0.15, -0.1) is 35.3 Å². The standard InChI is InChI=1S/C22H23FN4OS.HI/c23-17-5-6-20-16(14-26-21(20)13-17)7-9-24-22(27-15-19-4-2-12-29-19)25-10-8-18-3-1-11-28-18;/h1-6,11-14,26H,7-10,15H2,(H2,24,25,27);1H. The van der Waals surface area contributed by atoms with Crippen LogP contribution in [0.15, 0.2) is 69.7 Å². The number of aromatic amines is 1. The fourth-order valence-corrected chi connectivity index (χ4v) is 3.80. The van der Waals surface area contributed by atoms with Gasteiger partial charge in [-0.05, 0) is 53.8 Å². The largest absolute Gasteiger partial charge is 0.469 e. The topological polar surface area (TPSA) is 65.3 Å². The van der Waals surface area contributed by atoms with E-state index in [0.717, 1.165) is 54.1 Å². The average Bonchev–Trinajstić information content (AvgIpc) is 3.48. The van der Waals surface area contributed by atoms with Gasteiger partial charge < -0.3 is 20.0 Å². The van der Waals surface area contributed by atoms with E-state index < -0.39 is 0 Å². The molecule has 0 fully saturated rings. The molecule has 0 aliphatic rings. The van der Waals surface area contributed by atoms with E-state index in [4.69, 9.17) is 9.41 Å². The summed E-state index contributed by atoms with van der Waals surface area (Å²) in [5.41, 5.74) is 1.98. The maximum Gasteiger partial charge on any atom is 0.191 e. The van der Waals surface area contributed by atoms with Crippen LogP contribution >= 0.6 is 35.3 Å². The van der Waals surface area contributed by atoms with Crippen LogP contribution in [-0.2, 0) is 19.4 Å². The van der Waals surface area contributed by atoms with Crippen molar-refractivity contribution in [1.29, 1.82) is 0 Å². The van der Waals surface area contributed by atoms with Crippen molar-refractivity contribution < 1.29 is 8.81 Å². The van der Waals surface area contributed by atoms with Crippen LogP contribution in [0.5, 0.6) is 0 Å². The summed E-state index contributed by atoms with van der Waals surface area (Å²) >= 11 is 1.70. The van der Waals surface area contributed by atoms with Crippen LogP contribution in [0, 0.1) is 5.82 Å². The van der Waals surface area contributed by atoms with Crippen molar-refractivity contribution in [2.45, 2.75) is 19.4 Å². The molecule has 0 unspecified atom stereocenters. The summed E-state index contributed by atoms with van der Waals surface area (Å²) in [4.78, 5) is 9.05. The summed E-state index contributed by atoms with van der Waals surface area (Å²) in [5, 5.41) is 9.88. The number of benzene rings is 1. The van der Waals surface area contributed by atoms with E-state index in [-0.39, 0.29) is 29.8 Å². The highest BCUT2D eigenvalue weighted by molar-refractivity contribution is 14.0. The molecule has 0 amide bonds. The molecule has 5 nitrogen and oxygen atoms in total. The fourth-order valence-electron chi connectivity index (χ4n) is 3.17. The SMILES string of the molecule is Fc1ccc2c(CCNC(=NCc3cccs3)NCCc3ccco3)c[nH]c2c1.I. The Bertz CT molecular complexity index is 1060. The van der Waals surface area contributed by atoms with Gasteiger partial charge >= 0.3 is 0 Å². The minimum Gasteiger partial charge on any atom is -0.469 e. The Morgan fingerprint density at radius 2 is 1.97 bits per heavy atom. The normalized spacial score (nSPS) is 11.4. The lowest BCUT2D eigenvalue weighted by molar-refractivity contribution is 0.506. The molecule has 158 valence electrons. The maximum atomic E-state index is 13.4. The Balaban J connectivity index is 0.00000256. The quantitative estimate of drug-likeness (QED) is 0.166. The maximum absolute atomic E-state index is 13.4. The van der Waals surface area contributed by atoms with Crippen molar-refractivity contribution in [3.8, 4) is 0 Å². The molecule has 3 N–H and O–H groups in total. The molecule has 0 aliphatic heterocycles. The molecule has 4 rings (SSSR count). The second-order valence-corrected chi connectivity index (χ2v) is 7.71. The number of rotatable bonds is 8. The molecule has 30 heavy (non-hydrogen) atoms. The summed E-state index contributed by atoms with van der Waals surface area (Å²) in [6, 6.07) is 12.8. The molecule has 0 spiro atoms. The molecule has 8 heteroatoms. The summed E-state index contributed by atoms with van der Waals surface area (Å²) < 4.78 is 18.7. The Labute approximate surface area is 195 Å². The van der Waals surface area contributed by atoms with Gasteiger partial charge in [0.15, 0.2) is 5.96 Å². The first-order valence-corrected chi connectivity index (χ1v) is 10.5. The Morgan fingerprint density at radius 3 is 2.73 bits per heavy atom. The first-order chi connectivity index (χ1) is 14.3. The van der Waals surface area contributed by atoms with E-state index in [1.165, 1.54) is 17.0 Å². The highest BCUT2D eigenvalue weighted by Gasteiger charge is 2.06. The third-order valence-corrected chi connectivity index (χ3v) is 5.49. The molecule has 3 heterocycles. The van der Waals surface area contributed by atoms with Gasteiger partial charge in [0.05, 0.1) is 12.8 Å².